The van der Waals surface area contributed by atoms with Crippen molar-refractivity contribution in [2.75, 3.05) is 20.2 Å². The maximum Gasteiger partial charge on any atom is 0.339 e. The van der Waals surface area contributed by atoms with E-state index in [1.54, 1.807) is 0 Å². The van der Waals surface area contributed by atoms with Crippen LogP contribution in [-0.2, 0) is 14.3 Å². The van der Waals surface area contributed by atoms with Gasteiger partial charge in [0, 0.05) is 12.6 Å². The Hall–Kier alpha value is -2.37. The summed E-state index contributed by atoms with van der Waals surface area (Å²) in [4.78, 5) is 37.4. The molecule has 25 heavy (non-hydrogen) atoms. The highest BCUT2D eigenvalue weighted by Crippen LogP contribution is 2.17. The lowest BCUT2D eigenvalue weighted by molar-refractivity contribution is -0.137. The first kappa shape index (κ1) is 20.7. The highest BCUT2D eigenvalue weighted by Gasteiger charge is 2.20. The van der Waals surface area contributed by atoms with E-state index < -0.39 is 18.5 Å². The van der Waals surface area contributed by atoms with Gasteiger partial charge >= 0.3 is 5.97 Å². The van der Waals surface area contributed by atoms with Gasteiger partial charge in [0.15, 0.2) is 6.61 Å². The van der Waals surface area contributed by atoms with Crippen LogP contribution in [0.5, 0.6) is 0 Å². The number of benzene rings is 1. The zero-order valence-corrected chi connectivity index (χ0v) is 16.1. The van der Waals surface area contributed by atoms with Gasteiger partial charge in [0.1, 0.15) is 0 Å². The van der Waals surface area contributed by atoms with Crippen LogP contribution in [0.4, 0.5) is 0 Å². The number of nitrogens with zero attached hydrogens (tertiary/aromatic N) is 1. The van der Waals surface area contributed by atoms with Gasteiger partial charge < -0.3 is 15.0 Å². The third-order valence-corrected chi connectivity index (χ3v) is 3.53. The first-order chi connectivity index (χ1) is 11.4. The van der Waals surface area contributed by atoms with Crippen LogP contribution in [0.15, 0.2) is 12.1 Å². The number of ether oxygens (including phenoxy) is 1. The van der Waals surface area contributed by atoms with Gasteiger partial charge in [0.25, 0.3) is 5.91 Å². The Bertz CT molecular complexity index is 651. The lowest BCUT2D eigenvalue weighted by atomic mass is 10.00. The maximum atomic E-state index is 12.3. The second-order valence-corrected chi connectivity index (χ2v) is 7.40. The lowest BCUT2D eigenvalue weighted by Crippen LogP contribution is -2.46. The summed E-state index contributed by atoms with van der Waals surface area (Å²) in [5, 5.41) is 2.78. The normalized spacial score (nSPS) is 11.0. The van der Waals surface area contributed by atoms with Gasteiger partial charge in [-0.2, -0.15) is 0 Å². The molecule has 0 bridgehead atoms. The lowest BCUT2D eigenvalue weighted by Gasteiger charge is -2.23. The molecule has 0 heterocycles. The molecule has 1 aromatic carbocycles. The van der Waals surface area contributed by atoms with Crippen LogP contribution in [0.25, 0.3) is 0 Å². The summed E-state index contributed by atoms with van der Waals surface area (Å²) < 4.78 is 5.13. The zero-order chi connectivity index (χ0) is 19.4. The van der Waals surface area contributed by atoms with E-state index in [1.807, 2.05) is 53.7 Å². The van der Waals surface area contributed by atoms with Gasteiger partial charge in [0.2, 0.25) is 5.91 Å². The van der Waals surface area contributed by atoms with Gasteiger partial charge in [0.05, 0.1) is 12.1 Å². The molecule has 0 atom stereocenters. The number of carbonyl (C=O) groups is 3. The summed E-state index contributed by atoms with van der Waals surface area (Å²) in [5.74, 6) is -1.23. The fourth-order valence-corrected chi connectivity index (χ4v) is 2.57. The molecule has 0 unspecified atom stereocenters. The van der Waals surface area contributed by atoms with E-state index in [1.165, 1.54) is 11.9 Å². The maximum absolute atomic E-state index is 12.3. The predicted octanol–water partition coefficient (Wildman–Crippen LogP) is 2.14. The molecular formula is C19H28N2O4. The number of hydrogen-bond acceptors (Lipinski definition) is 4. The topological polar surface area (TPSA) is 75.7 Å². The summed E-state index contributed by atoms with van der Waals surface area (Å²) in [5.41, 5.74) is 2.80. The van der Waals surface area contributed by atoms with Crippen molar-refractivity contribution in [3.8, 4) is 0 Å². The minimum Gasteiger partial charge on any atom is -0.452 e. The Morgan fingerprint density at radius 2 is 1.60 bits per heavy atom. The number of carbonyl (C=O) groups excluding carboxylic acids is 3. The Balaban J connectivity index is 2.61. The van der Waals surface area contributed by atoms with Crippen LogP contribution in [0.3, 0.4) is 0 Å². The van der Waals surface area contributed by atoms with E-state index in [4.69, 9.17) is 4.74 Å². The molecular weight excluding hydrogens is 320 g/mol. The molecule has 1 rings (SSSR count). The zero-order valence-electron chi connectivity index (χ0n) is 16.1. The number of nitrogens with one attached hydrogen (secondary N) is 1. The Morgan fingerprint density at radius 1 is 1.08 bits per heavy atom. The molecule has 0 saturated carbocycles. The van der Waals surface area contributed by atoms with Crippen molar-refractivity contribution < 1.29 is 19.1 Å². The van der Waals surface area contributed by atoms with Crippen molar-refractivity contribution >= 4 is 17.8 Å². The third-order valence-electron chi connectivity index (χ3n) is 3.53. The van der Waals surface area contributed by atoms with Gasteiger partial charge in [-0.1, -0.05) is 17.7 Å². The Labute approximate surface area is 149 Å². The fourth-order valence-electron chi connectivity index (χ4n) is 2.57. The van der Waals surface area contributed by atoms with Gasteiger partial charge in [-0.3, -0.25) is 9.59 Å². The van der Waals surface area contributed by atoms with Crippen molar-refractivity contribution in [1.29, 1.82) is 0 Å². The van der Waals surface area contributed by atoms with Crippen molar-refractivity contribution in [2.45, 2.75) is 47.1 Å². The monoisotopic (exact) mass is 348 g/mol. The average Bonchev–Trinajstić information content (AvgIpc) is 2.41. The van der Waals surface area contributed by atoms with Gasteiger partial charge in [-0.05, 0) is 52.7 Å². The third kappa shape index (κ3) is 6.57. The summed E-state index contributed by atoms with van der Waals surface area (Å²) in [7, 11) is 1.50. The van der Waals surface area contributed by atoms with Gasteiger partial charge in [-0.25, -0.2) is 4.79 Å². The number of esters is 1. The smallest absolute Gasteiger partial charge is 0.339 e. The van der Waals surface area contributed by atoms with Crippen LogP contribution in [0.1, 0.15) is 47.8 Å². The van der Waals surface area contributed by atoms with E-state index in [2.05, 4.69) is 5.32 Å². The molecule has 6 heteroatoms. The molecule has 6 nitrogen and oxygen atoms in total. The van der Waals surface area contributed by atoms with Gasteiger partial charge in [-0.15, -0.1) is 0 Å². The molecule has 0 saturated heterocycles. The molecule has 0 radical (unpaired) electrons. The second kappa shape index (κ2) is 8.14. The van der Waals surface area contributed by atoms with Crippen molar-refractivity contribution in [2.24, 2.45) is 0 Å². The van der Waals surface area contributed by atoms with E-state index in [0.717, 1.165) is 16.7 Å². The number of hydrogen-bond donors (Lipinski definition) is 1. The highest BCUT2D eigenvalue weighted by atomic mass is 16.5. The molecule has 0 aliphatic rings. The summed E-state index contributed by atoms with van der Waals surface area (Å²) in [6.45, 7) is 10.7. The average molecular weight is 348 g/mol. The number of aryl methyl sites for hydroxylation is 3. The number of amides is 2. The van der Waals surface area contributed by atoms with E-state index in [0.29, 0.717) is 5.56 Å². The molecule has 2 amide bonds. The quantitative estimate of drug-likeness (QED) is 0.827. The Morgan fingerprint density at radius 3 is 2.08 bits per heavy atom. The van der Waals surface area contributed by atoms with Crippen LogP contribution in [0.2, 0.25) is 0 Å². The van der Waals surface area contributed by atoms with Crippen molar-refractivity contribution in [3.05, 3.63) is 34.4 Å². The highest BCUT2D eigenvalue weighted by molar-refractivity contribution is 5.94. The first-order valence-corrected chi connectivity index (χ1v) is 8.20. The van der Waals surface area contributed by atoms with Crippen LogP contribution in [0, 0.1) is 20.8 Å². The second-order valence-electron chi connectivity index (χ2n) is 7.40. The van der Waals surface area contributed by atoms with Crippen LogP contribution < -0.4 is 5.32 Å². The standard InChI is InChI=1S/C19H28N2O4/c1-12-8-13(2)17(14(3)9-12)18(24)25-11-16(23)21(7)10-15(22)20-19(4,5)6/h8-9H,10-11H2,1-7H3,(H,20,22). The summed E-state index contributed by atoms with van der Waals surface area (Å²) in [6, 6.07) is 3.79. The molecule has 1 N–H and O–H groups in total. The van der Waals surface area contributed by atoms with E-state index >= 15 is 0 Å². The first-order valence-electron chi connectivity index (χ1n) is 8.20. The minimum absolute atomic E-state index is 0.0871. The van der Waals surface area contributed by atoms with Crippen LogP contribution >= 0.6 is 0 Å². The van der Waals surface area contributed by atoms with Crippen molar-refractivity contribution in [3.63, 3.8) is 0 Å². The number of likely N-dealkylation sites (N-methyl/N-ethyl adjacent to an activating group) is 1. The summed E-state index contributed by atoms with van der Waals surface area (Å²) >= 11 is 0. The SMILES string of the molecule is Cc1cc(C)c(C(=O)OCC(=O)N(C)CC(=O)NC(C)(C)C)c(C)c1. The fraction of sp³-hybridized carbons (Fsp3) is 0.526. The summed E-state index contributed by atoms with van der Waals surface area (Å²) in [6.07, 6.45) is 0. The van der Waals surface area contributed by atoms with E-state index in [9.17, 15) is 14.4 Å². The molecule has 0 aromatic heterocycles. The number of rotatable bonds is 5. The molecule has 0 aliphatic carbocycles. The predicted molar refractivity (Wildman–Crippen MR) is 96.5 cm³/mol. The van der Waals surface area contributed by atoms with Crippen molar-refractivity contribution in [1.82, 2.24) is 10.2 Å². The minimum atomic E-state index is -0.532. The molecule has 138 valence electrons. The largest absolute Gasteiger partial charge is 0.452 e. The molecule has 0 spiro atoms. The van der Waals surface area contributed by atoms with Crippen LogP contribution in [-0.4, -0.2) is 48.4 Å². The van der Waals surface area contributed by atoms with E-state index in [-0.39, 0.29) is 18.0 Å². The molecule has 1 aromatic rings. The molecule has 0 aliphatic heterocycles. The molecule has 0 fully saturated rings. The Kier molecular flexibility index (Phi) is 6.73.